The lowest BCUT2D eigenvalue weighted by molar-refractivity contribution is 1.33. The summed E-state index contributed by atoms with van der Waals surface area (Å²) in [6, 6.07) is 16.3. The number of hydrogen-bond donors (Lipinski definition) is 1. The largest absolute Gasteiger partial charge is 0.380 e. The Kier molecular flexibility index (Phi) is 4.43. The number of aryl methyl sites for hydroxylation is 1. The molecular formula is C16H16ClN. The first-order valence-electron chi connectivity index (χ1n) is 5.97. The molecule has 0 radical (unpaired) electrons. The molecule has 2 heteroatoms. The Morgan fingerprint density at radius 3 is 2.61 bits per heavy atom. The minimum absolute atomic E-state index is 0.762. The third-order valence-electron chi connectivity index (χ3n) is 2.64. The van der Waals surface area contributed by atoms with Crippen molar-refractivity contribution in [2.45, 2.75) is 6.92 Å². The smallest absolute Gasteiger partial charge is 0.0640 e. The number of hydrogen-bond acceptors (Lipinski definition) is 1. The van der Waals surface area contributed by atoms with Gasteiger partial charge in [0.25, 0.3) is 0 Å². The van der Waals surface area contributed by atoms with Crippen LogP contribution in [-0.4, -0.2) is 6.54 Å². The zero-order chi connectivity index (χ0) is 12.8. The maximum Gasteiger partial charge on any atom is 0.0640 e. The third-order valence-corrected chi connectivity index (χ3v) is 2.96. The zero-order valence-electron chi connectivity index (χ0n) is 10.4. The van der Waals surface area contributed by atoms with Gasteiger partial charge in [0.15, 0.2) is 0 Å². The van der Waals surface area contributed by atoms with E-state index in [-0.39, 0.29) is 0 Å². The normalized spacial score (nSPS) is 10.8. The molecule has 0 amide bonds. The van der Waals surface area contributed by atoms with Crippen LogP contribution >= 0.6 is 11.6 Å². The molecule has 0 heterocycles. The first-order valence-corrected chi connectivity index (χ1v) is 6.35. The Labute approximate surface area is 113 Å². The lowest BCUT2D eigenvalue weighted by Gasteiger charge is -2.06. The number of nitrogens with one attached hydrogen (secondary N) is 1. The fourth-order valence-corrected chi connectivity index (χ4v) is 1.99. The molecule has 18 heavy (non-hydrogen) atoms. The Morgan fingerprint density at radius 2 is 1.89 bits per heavy atom. The molecule has 0 aromatic heterocycles. The second kappa shape index (κ2) is 6.27. The van der Waals surface area contributed by atoms with Gasteiger partial charge in [-0.3, -0.25) is 0 Å². The van der Waals surface area contributed by atoms with Crippen LogP contribution < -0.4 is 5.32 Å². The van der Waals surface area contributed by atoms with E-state index in [2.05, 4.69) is 35.7 Å². The van der Waals surface area contributed by atoms with Crippen LogP contribution in [0.4, 0.5) is 5.69 Å². The highest BCUT2D eigenvalue weighted by molar-refractivity contribution is 6.33. The summed E-state index contributed by atoms with van der Waals surface area (Å²) in [5.74, 6) is 0. The van der Waals surface area contributed by atoms with Gasteiger partial charge >= 0.3 is 0 Å². The van der Waals surface area contributed by atoms with Crippen molar-refractivity contribution in [1.82, 2.24) is 0 Å². The Hall–Kier alpha value is -1.73. The number of rotatable bonds is 4. The molecule has 0 saturated heterocycles. The average Bonchev–Trinajstić information content (AvgIpc) is 2.38. The summed E-state index contributed by atoms with van der Waals surface area (Å²) in [5, 5.41) is 4.06. The van der Waals surface area contributed by atoms with E-state index in [0.29, 0.717) is 0 Å². The van der Waals surface area contributed by atoms with E-state index < -0.39 is 0 Å². The summed E-state index contributed by atoms with van der Waals surface area (Å²) in [5.41, 5.74) is 3.35. The molecule has 0 atom stereocenters. The fourth-order valence-electron chi connectivity index (χ4n) is 1.69. The molecule has 0 aliphatic carbocycles. The SMILES string of the molecule is Cc1ccc(NC/C=C/c2ccccc2)c(Cl)c1. The van der Waals surface area contributed by atoms with Crippen molar-refractivity contribution in [2.24, 2.45) is 0 Å². The van der Waals surface area contributed by atoms with Crippen LogP contribution in [0, 0.1) is 6.92 Å². The number of halogens is 1. The van der Waals surface area contributed by atoms with Crippen molar-refractivity contribution in [3.05, 3.63) is 70.8 Å². The van der Waals surface area contributed by atoms with Crippen molar-refractivity contribution in [1.29, 1.82) is 0 Å². The van der Waals surface area contributed by atoms with E-state index in [1.807, 2.05) is 37.3 Å². The number of benzene rings is 2. The molecule has 0 spiro atoms. The van der Waals surface area contributed by atoms with Crippen molar-refractivity contribution in [3.8, 4) is 0 Å². The van der Waals surface area contributed by atoms with Gasteiger partial charge in [-0.2, -0.15) is 0 Å². The fraction of sp³-hybridized carbons (Fsp3) is 0.125. The minimum Gasteiger partial charge on any atom is -0.380 e. The van der Waals surface area contributed by atoms with Crippen molar-refractivity contribution >= 4 is 23.4 Å². The van der Waals surface area contributed by atoms with Crippen LogP contribution in [0.1, 0.15) is 11.1 Å². The van der Waals surface area contributed by atoms with Crippen LogP contribution in [0.2, 0.25) is 5.02 Å². The summed E-state index contributed by atoms with van der Waals surface area (Å²) in [6.07, 6.45) is 4.18. The van der Waals surface area contributed by atoms with Crippen molar-refractivity contribution in [2.75, 3.05) is 11.9 Å². The molecular weight excluding hydrogens is 242 g/mol. The summed E-state index contributed by atoms with van der Waals surface area (Å²) in [7, 11) is 0. The van der Waals surface area contributed by atoms with E-state index in [1.54, 1.807) is 0 Å². The molecule has 0 aliphatic heterocycles. The lowest BCUT2D eigenvalue weighted by atomic mass is 10.2. The molecule has 1 nitrogen and oxygen atoms in total. The summed E-state index contributed by atoms with van der Waals surface area (Å²) >= 11 is 6.14. The Morgan fingerprint density at radius 1 is 1.11 bits per heavy atom. The Balaban J connectivity index is 1.91. The topological polar surface area (TPSA) is 12.0 Å². The van der Waals surface area contributed by atoms with E-state index in [4.69, 9.17) is 11.6 Å². The van der Waals surface area contributed by atoms with Crippen LogP contribution in [0.15, 0.2) is 54.6 Å². The highest BCUT2D eigenvalue weighted by Gasteiger charge is 1.97. The molecule has 0 fully saturated rings. The van der Waals surface area contributed by atoms with E-state index >= 15 is 0 Å². The maximum absolute atomic E-state index is 6.14. The summed E-state index contributed by atoms with van der Waals surface area (Å²) < 4.78 is 0. The van der Waals surface area contributed by atoms with E-state index in [9.17, 15) is 0 Å². The third kappa shape index (κ3) is 3.64. The highest BCUT2D eigenvalue weighted by Crippen LogP contribution is 2.22. The molecule has 2 aromatic carbocycles. The molecule has 1 N–H and O–H groups in total. The van der Waals surface area contributed by atoms with Gasteiger partial charge in [-0.25, -0.2) is 0 Å². The number of anilines is 1. The quantitative estimate of drug-likeness (QED) is 0.832. The van der Waals surface area contributed by atoms with Gasteiger partial charge in [0.1, 0.15) is 0 Å². The monoisotopic (exact) mass is 257 g/mol. The standard InChI is InChI=1S/C16H16ClN/c1-13-9-10-16(15(17)12-13)18-11-5-8-14-6-3-2-4-7-14/h2-10,12,18H,11H2,1H3/b8-5+. The molecule has 0 bridgehead atoms. The van der Waals surface area contributed by atoms with Gasteiger partial charge in [0.05, 0.1) is 10.7 Å². The van der Waals surface area contributed by atoms with Gasteiger partial charge in [0.2, 0.25) is 0 Å². The van der Waals surface area contributed by atoms with E-state index in [1.165, 1.54) is 11.1 Å². The second-order valence-corrected chi connectivity index (χ2v) is 4.58. The predicted molar refractivity (Wildman–Crippen MR) is 80.2 cm³/mol. The van der Waals surface area contributed by atoms with Crippen LogP contribution in [0.5, 0.6) is 0 Å². The van der Waals surface area contributed by atoms with Crippen LogP contribution in [0.25, 0.3) is 6.08 Å². The van der Waals surface area contributed by atoms with E-state index in [0.717, 1.165) is 17.3 Å². The molecule has 2 aromatic rings. The van der Waals surface area contributed by atoms with Crippen LogP contribution in [0.3, 0.4) is 0 Å². The van der Waals surface area contributed by atoms with Gasteiger partial charge in [-0.1, -0.05) is 60.2 Å². The van der Waals surface area contributed by atoms with Gasteiger partial charge in [-0.05, 0) is 30.2 Å². The first kappa shape index (κ1) is 12.7. The summed E-state index contributed by atoms with van der Waals surface area (Å²) in [6.45, 7) is 2.79. The first-order chi connectivity index (χ1) is 8.75. The molecule has 0 unspecified atom stereocenters. The highest BCUT2D eigenvalue weighted by atomic mass is 35.5. The summed E-state index contributed by atoms with van der Waals surface area (Å²) in [4.78, 5) is 0. The van der Waals surface area contributed by atoms with Gasteiger partial charge in [0, 0.05) is 6.54 Å². The van der Waals surface area contributed by atoms with Crippen molar-refractivity contribution in [3.63, 3.8) is 0 Å². The minimum atomic E-state index is 0.762. The molecule has 0 saturated carbocycles. The van der Waals surface area contributed by atoms with Gasteiger partial charge < -0.3 is 5.32 Å². The Bertz CT molecular complexity index is 532. The van der Waals surface area contributed by atoms with Crippen LogP contribution in [-0.2, 0) is 0 Å². The molecule has 92 valence electrons. The lowest BCUT2D eigenvalue weighted by Crippen LogP contribution is -1.98. The average molecular weight is 258 g/mol. The molecule has 0 aliphatic rings. The second-order valence-electron chi connectivity index (χ2n) is 4.18. The van der Waals surface area contributed by atoms with Gasteiger partial charge in [-0.15, -0.1) is 0 Å². The molecule has 2 rings (SSSR count). The predicted octanol–water partition coefficient (Wildman–Crippen LogP) is 4.77. The zero-order valence-corrected chi connectivity index (χ0v) is 11.1. The van der Waals surface area contributed by atoms with Crippen molar-refractivity contribution < 1.29 is 0 Å². The maximum atomic E-state index is 6.14.